The molecule has 0 unspecified atom stereocenters. The maximum absolute atomic E-state index is 4.47. The summed E-state index contributed by atoms with van der Waals surface area (Å²) in [6.07, 6.45) is 13.7. The first-order chi connectivity index (χ1) is 15.4. The molecule has 0 spiro atoms. The van der Waals surface area contributed by atoms with Gasteiger partial charge in [-0.1, -0.05) is 24.0 Å². The zero-order chi connectivity index (χ0) is 20.9. The third-order valence-corrected chi connectivity index (χ3v) is 5.82. The van der Waals surface area contributed by atoms with Crippen molar-refractivity contribution in [3.8, 4) is 33.4 Å². The van der Waals surface area contributed by atoms with Gasteiger partial charge in [-0.2, -0.15) is 0 Å². The molecule has 1 N–H and O–H groups in total. The van der Waals surface area contributed by atoms with Crippen LogP contribution in [0.15, 0.2) is 91.2 Å². The third-order valence-electron chi connectivity index (χ3n) is 4.90. The van der Waals surface area contributed by atoms with Crippen molar-refractivity contribution in [3.63, 3.8) is 0 Å². The predicted octanol–water partition coefficient (Wildman–Crippen LogP) is 5.59. The number of aromatic nitrogens is 4. The van der Waals surface area contributed by atoms with E-state index in [0.29, 0.717) is 0 Å². The second-order valence-electron chi connectivity index (χ2n) is 7.03. The van der Waals surface area contributed by atoms with Crippen LogP contribution in [0.3, 0.4) is 0 Å². The summed E-state index contributed by atoms with van der Waals surface area (Å²) in [6, 6.07) is 14.2. The predicted molar refractivity (Wildman–Crippen MR) is 125 cm³/mol. The molecule has 5 heteroatoms. The van der Waals surface area contributed by atoms with Crippen LogP contribution in [0, 0.1) is 11.8 Å². The van der Waals surface area contributed by atoms with E-state index in [1.165, 1.54) is 4.88 Å². The van der Waals surface area contributed by atoms with Gasteiger partial charge in [0.25, 0.3) is 0 Å². The molecule has 0 fully saturated rings. The van der Waals surface area contributed by atoms with E-state index < -0.39 is 0 Å². The van der Waals surface area contributed by atoms with Gasteiger partial charge >= 0.3 is 0 Å². The largest absolute Gasteiger partial charge is 0.363 e. The van der Waals surface area contributed by atoms with Crippen molar-refractivity contribution < 1.29 is 0 Å². The maximum Gasteiger partial charge on any atom is 0.0505 e. The van der Waals surface area contributed by atoms with Crippen molar-refractivity contribution in [2.45, 2.75) is 6.42 Å². The van der Waals surface area contributed by atoms with Gasteiger partial charge in [0, 0.05) is 82.6 Å². The van der Waals surface area contributed by atoms with Crippen molar-refractivity contribution >= 4 is 11.3 Å². The second kappa shape index (κ2) is 8.78. The molecule has 5 aromatic rings. The molecule has 0 bridgehead atoms. The summed E-state index contributed by atoms with van der Waals surface area (Å²) in [4.78, 5) is 17.6. The summed E-state index contributed by atoms with van der Waals surface area (Å²) in [5, 5.41) is 2.08. The smallest absolute Gasteiger partial charge is 0.0505 e. The van der Waals surface area contributed by atoms with Gasteiger partial charge in [-0.25, -0.2) is 0 Å². The highest BCUT2D eigenvalue weighted by molar-refractivity contribution is 7.13. The Morgan fingerprint density at radius 1 is 0.839 bits per heavy atom. The van der Waals surface area contributed by atoms with Crippen molar-refractivity contribution in [1.82, 2.24) is 19.9 Å². The lowest BCUT2D eigenvalue weighted by Gasteiger charge is -2.07. The van der Waals surface area contributed by atoms with E-state index in [2.05, 4.69) is 61.4 Å². The minimum absolute atomic E-state index is 0.727. The molecule has 31 heavy (non-hydrogen) atoms. The van der Waals surface area contributed by atoms with Crippen LogP contribution in [0.25, 0.3) is 21.6 Å². The minimum atomic E-state index is 0.727. The third kappa shape index (κ3) is 4.30. The van der Waals surface area contributed by atoms with Crippen molar-refractivity contribution in [2.75, 3.05) is 0 Å². The fourth-order valence-corrected chi connectivity index (χ4v) is 4.20. The Kier molecular flexibility index (Phi) is 5.38. The lowest BCUT2D eigenvalue weighted by Crippen LogP contribution is -1.94. The summed E-state index contributed by atoms with van der Waals surface area (Å²) in [6.45, 7) is 0. The van der Waals surface area contributed by atoms with Crippen LogP contribution in [-0.2, 0) is 6.42 Å². The Morgan fingerprint density at radius 2 is 1.71 bits per heavy atom. The number of aromatic amines is 1. The van der Waals surface area contributed by atoms with Crippen LogP contribution >= 0.6 is 11.3 Å². The van der Waals surface area contributed by atoms with Crippen molar-refractivity contribution in [3.05, 3.63) is 114 Å². The molecule has 0 amide bonds. The molecule has 0 aliphatic rings. The van der Waals surface area contributed by atoms with Crippen LogP contribution in [0.5, 0.6) is 0 Å². The Hall–Kier alpha value is -4.01. The number of rotatable bonds is 4. The molecule has 5 rings (SSSR count). The van der Waals surface area contributed by atoms with Gasteiger partial charge in [-0.3, -0.25) is 15.0 Å². The SMILES string of the molecule is C(#Cc1c[nH]c(Cc2cncc(-c3cccs3)c2)c1-c1cccnc1)c1cccnc1. The summed E-state index contributed by atoms with van der Waals surface area (Å²) in [5.74, 6) is 6.52. The Balaban J connectivity index is 1.53. The molecule has 5 heterocycles. The molecular formula is C26H18N4S. The average Bonchev–Trinajstić information content (AvgIpc) is 3.50. The van der Waals surface area contributed by atoms with Gasteiger partial charge in [0.2, 0.25) is 0 Å². The van der Waals surface area contributed by atoms with Gasteiger partial charge in [0.05, 0.1) is 5.56 Å². The van der Waals surface area contributed by atoms with Crippen LogP contribution in [-0.4, -0.2) is 19.9 Å². The Labute approximate surface area is 184 Å². The summed E-state index contributed by atoms with van der Waals surface area (Å²) in [7, 11) is 0. The van der Waals surface area contributed by atoms with E-state index in [4.69, 9.17) is 0 Å². The van der Waals surface area contributed by atoms with E-state index in [-0.39, 0.29) is 0 Å². The molecule has 5 aromatic heterocycles. The molecule has 0 saturated carbocycles. The van der Waals surface area contributed by atoms with Crippen molar-refractivity contribution in [1.29, 1.82) is 0 Å². The standard InChI is InChI=1S/C26H18N4S/c1-4-19(14-27-9-1)7-8-22-18-30-24(26(22)21-5-2-10-28-16-21)13-20-12-23(17-29-15-20)25-6-3-11-31-25/h1-6,9-12,14-18,30H,13H2. The van der Waals surface area contributed by atoms with Gasteiger partial charge in [-0.05, 0) is 41.3 Å². The van der Waals surface area contributed by atoms with E-state index in [1.54, 1.807) is 29.9 Å². The fourth-order valence-electron chi connectivity index (χ4n) is 3.49. The molecule has 0 saturated heterocycles. The zero-order valence-corrected chi connectivity index (χ0v) is 17.4. The highest BCUT2D eigenvalue weighted by Gasteiger charge is 2.14. The summed E-state index contributed by atoms with van der Waals surface area (Å²) >= 11 is 1.72. The van der Waals surface area contributed by atoms with E-state index in [0.717, 1.165) is 45.5 Å². The lowest BCUT2D eigenvalue weighted by atomic mass is 9.99. The van der Waals surface area contributed by atoms with Crippen LogP contribution < -0.4 is 0 Å². The fraction of sp³-hybridized carbons (Fsp3) is 0.0385. The molecule has 4 nitrogen and oxygen atoms in total. The van der Waals surface area contributed by atoms with Crippen LogP contribution in [0.2, 0.25) is 0 Å². The lowest BCUT2D eigenvalue weighted by molar-refractivity contribution is 1.09. The molecule has 0 aliphatic heterocycles. The highest BCUT2D eigenvalue weighted by atomic mass is 32.1. The Morgan fingerprint density at radius 3 is 2.48 bits per heavy atom. The van der Waals surface area contributed by atoms with Crippen molar-refractivity contribution in [2.24, 2.45) is 0 Å². The van der Waals surface area contributed by atoms with Gasteiger partial charge in [0.15, 0.2) is 0 Å². The molecule has 0 aliphatic carbocycles. The number of nitrogens with zero attached hydrogens (tertiary/aromatic N) is 3. The second-order valence-corrected chi connectivity index (χ2v) is 7.97. The molecule has 0 radical (unpaired) electrons. The van der Waals surface area contributed by atoms with Gasteiger partial charge in [0.1, 0.15) is 0 Å². The first-order valence-electron chi connectivity index (χ1n) is 9.87. The van der Waals surface area contributed by atoms with E-state index in [9.17, 15) is 0 Å². The quantitative estimate of drug-likeness (QED) is 0.387. The minimum Gasteiger partial charge on any atom is -0.363 e. The number of pyridine rings is 3. The first kappa shape index (κ1) is 19.0. The van der Waals surface area contributed by atoms with E-state index in [1.807, 2.05) is 43.0 Å². The van der Waals surface area contributed by atoms with Crippen LogP contribution in [0.1, 0.15) is 22.4 Å². The Bertz CT molecular complexity index is 1350. The summed E-state index contributed by atoms with van der Waals surface area (Å²) < 4.78 is 0. The molecule has 0 atom stereocenters. The number of hydrogen-bond acceptors (Lipinski definition) is 4. The monoisotopic (exact) mass is 418 g/mol. The first-order valence-corrected chi connectivity index (χ1v) is 10.8. The van der Waals surface area contributed by atoms with Gasteiger partial charge in [-0.15, -0.1) is 11.3 Å². The molecule has 148 valence electrons. The number of hydrogen-bond donors (Lipinski definition) is 1. The maximum atomic E-state index is 4.47. The molecular weight excluding hydrogens is 400 g/mol. The number of H-pyrrole nitrogens is 1. The summed E-state index contributed by atoms with van der Waals surface area (Å²) in [5.41, 5.74) is 7.31. The van der Waals surface area contributed by atoms with Crippen LogP contribution in [0.4, 0.5) is 0 Å². The number of nitrogens with one attached hydrogen (secondary N) is 1. The molecule has 0 aromatic carbocycles. The number of thiophene rings is 1. The van der Waals surface area contributed by atoms with Gasteiger partial charge < -0.3 is 4.98 Å². The topological polar surface area (TPSA) is 54.5 Å². The average molecular weight is 419 g/mol. The normalized spacial score (nSPS) is 10.5. The zero-order valence-electron chi connectivity index (χ0n) is 16.6. The van der Waals surface area contributed by atoms with E-state index >= 15 is 0 Å². The highest BCUT2D eigenvalue weighted by Crippen LogP contribution is 2.30.